The quantitative estimate of drug-likeness (QED) is 0.576. The lowest BCUT2D eigenvalue weighted by atomic mass is 9.95. The van der Waals surface area contributed by atoms with Crippen molar-refractivity contribution in [1.82, 2.24) is 5.32 Å². The predicted octanol–water partition coefficient (Wildman–Crippen LogP) is 1.88. The van der Waals surface area contributed by atoms with E-state index in [4.69, 9.17) is 4.74 Å². The highest BCUT2D eigenvalue weighted by molar-refractivity contribution is 5.03. The van der Waals surface area contributed by atoms with Crippen LogP contribution in [-0.4, -0.2) is 13.2 Å². The smallest absolute Gasteiger partial charge is 0.111 e. The maximum absolute atomic E-state index is 5.55. The second-order valence-electron chi connectivity index (χ2n) is 3.99. The van der Waals surface area contributed by atoms with Crippen molar-refractivity contribution in [2.45, 2.75) is 27.7 Å². The van der Waals surface area contributed by atoms with Gasteiger partial charge in [0.1, 0.15) is 5.76 Å². The fraction of sp³-hybridized carbons (Fsp3) is 0.778. The highest BCUT2D eigenvalue weighted by Crippen LogP contribution is 2.20. The van der Waals surface area contributed by atoms with E-state index in [1.54, 1.807) is 0 Å². The first kappa shape index (κ1) is 8.44. The number of allylic oxidation sites excluding steroid dienone is 2. The van der Waals surface area contributed by atoms with Gasteiger partial charge in [-0.1, -0.05) is 13.8 Å². The molecule has 1 aliphatic rings. The molecule has 0 aromatic heterocycles. The summed E-state index contributed by atoms with van der Waals surface area (Å²) in [7, 11) is 0. The molecular weight excluding hydrogens is 138 g/mol. The van der Waals surface area contributed by atoms with Crippen LogP contribution in [0.25, 0.3) is 0 Å². The third-order valence-corrected chi connectivity index (χ3v) is 2.04. The third kappa shape index (κ3) is 2.14. The Morgan fingerprint density at radius 3 is 2.64 bits per heavy atom. The second-order valence-corrected chi connectivity index (χ2v) is 3.99. The number of hydrogen-bond acceptors (Lipinski definition) is 2. The molecule has 1 N–H and O–H groups in total. The first-order chi connectivity index (χ1) is 5.01. The second kappa shape index (κ2) is 2.76. The first-order valence-electron chi connectivity index (χ1n) is 4.05. The molecule has 0 saturated carbocycles. The summed E-state index contributed by atoms with van der Waals surface area (Å²) in [5.74, 6) is 1.02. The van der Waals surface area contributed by atoms with Crippen LogP contribution in [0.4, 0.5) is 0 Å². The van der Waals surface area contributed by atoms with Gasteiger partial charge in [-0.05, 0) is 13.8 Å². The largest absolute Gasteiger partial charge is 0.496 e. The molecule has 0 aromatic rings. The van der Waals surface area contributed by atoms with E-state index in [0.29, 0.717) is 0 Å². The van der Waals surface area contributed by atoms with Crippen LogP contribution in [-0.2, 0) is 4.74 Å². The summed E-state index contributed by atoms with van der Waals surface area (Å²) in [5.41, 5.74) is 1.41. The Bertz CT molecular complexity index is 164. The van der Waals surface area contributed by atoms with Crippen LogP contribution in [0, 0.1) is 5.41 Å². The van der Waals surface area contributed by atoms with Crippen LogP contribution in [0.1, 0.15) is 27.7 Å². The van der Waals surface area contributed by atoms with Crippen LogP contribution in [0.3, 0.4) is 0 Å². The normalized spacial score (nSPS) is 23.6. The number of nitrogens with one attached hydrogen (secondary N) is 1. The summed E-state index contributed by atoms with van der Waals surface area (Å²) in [6.45, 7) is 10.3. The molecule has 0 radical (unpaired) electrons. The van der Waals surface area contributed by atoms with Crippen molar-refractivity contribution in [2.24, 2.45) is 5.41 Å². The number of hydrogen-bond donors (Lipinski definition) is 1. The standard InChI is InChI=1S/C9H17NO/c1-7-8(2)11-6-9(3,4)5-10-7/h10H,5-6H2,1-4H3. The lowest BCUT2D eigenvalue weighted by Crippen LogP contribution is -2.29. The molecule has 0 bridgehead atoms. The lowest BCUT2D eigenvalue weighted by Gasteiger charge is -2.21. The molecule has 1 aliphatic heterocycles. The van der Waals surface area contributed by atoms with E-state index in [9.17, 15) is 0 Å². The van der Waals surface area contributed by atoms with E-state index >= 15 is 0 Å². The maximum atomic E-state index is 5.55. The summed E-state index contributed by atoms with van der Waals surface area (Å²) in [6, 6.07) is 0. The molecule has 0 atom stereocenters. The Labute approximate surface area is 68.6 Å². The van der Waals surface area contributed by atoms with Gasteiger partial charge in [-0.2, -0.15) is 0 Å². The lowest BCUT2D eigenvalue weighted by molar-refractivity contribution is 0.128. The van der Waals surface area contributed by atoms with Crippen LogP contribution >= 0.6 is 0 Å². The Balaban J connectivity index is 2.64. The zero-order valence-corrected chi connectivity index (χ0v) is 7.82. The number of rotatable bonds is 0. The van der Waals surface area contributed by atoms with Crippen LogP contribution in [0.2, 0.25) is 0 Å². The van der Waals surface area contributed by atoms with Gasteiger partial charge in [-0.25, -0.2) is 0 Å². The fourth-order valence-corrected chi connectivity index (χ4v) is 0.959. The maximum Gasteiger partial charge on any atom is 0.111 e. The Morgan fingerprint density at radius 2 is 2.00 bits per heavy atom. The van der Waals surface area contributed by atoms with Crippen molar-refractivity contribution < 1.29 is 4.74 Å². The van der Waals surface area contributed by atoms with Crippen molar-refractivity contribution in [3.05, 3.63) is 11.5 Å². The van der Waals surface area contributed by atoms with E-state index < -0.39 is 0 Å². The van der Waals surface area contributed by atoms with E-state index in [0.717, 1.165) is 24.6 Å². The molecule has 0 unspecified atom stereocenters. The summed E-state index contributed by atoms with van der Waals surface area (Å²) >= 11 is 0. The van der Waals surface area contributed by atoms with Gasteiger partial charge < -0.3 is 10.1 Å². The van der Waals surface area contributed by atoms with Gasteiger partial charge in [0.25, 0.3) is 0 Å². The molecule has 64 valence electrons. The third-order valence-electron chi connectivity index (χ3n) is 2.04. The zero-order valence-electron chi connectivity index (χ0n) is 7.82. The fourth-order valence-electron chi connectivity index (χ4n) is 0.959. The first-order valence-corrected chi connectivity index (χ1v) is 4.05. The van der Waals surface area contributed by atoms with Crippen LogP contribution < -0.4 is 5.32 Å². The molecule has 0 amide bonds. The molecule has 2 heteroatoms. The van der Waals surface area contributed by atoms with Crippen molar-refractivity contribution in [2.75, 3.05) is 13.2 Å². The molecule has 0 saturated heterocycles. The molecule has 1 rings (SSSR count). The van der Waals surface area contributed by atoms with Gasteiger partial charge in [0.15, 0.2) is 0 Å². The molecule has 0 spiro atoms. The Hall–Kier alpha value is -0.660. The molecular formula is C9H17NO. The highest BCUT2D eigenvalue weighted by Gasteiger charge is 2.21. The predicted molar refractivity (Wildman–Crippen MR) is 46.1 cm³/mol. The van der Waals surface area contributed by atoms with Gasteiger partial charge in [0.2, 0.25) is 0 Å². The minimum Gasteiger partial charge on any atom is -0.496 e. The van der Waals surface area contributed by atoms with Gasteiger partial charge in [-0.3, -0.25) is 0 Å². The topological polar surface area (TPSA) is 21.3 Å². The van der Waals surface area contributed by atoms with Crippen molar-refractivity contribution in [1.29, 1.82) is 0 Å². The SMILES string of the molecule is CC1=C(C)OCC(C)(C)CN1. The Morgan fingerprint density at radius 1 is 1.36 bits per heavy atom. The van der Waals surface area contributed by atoms with Crippen molar-refractivity contribution in [3.63, 3.8) is 0 Å². The van der Waals surface area contributed by atoms with Crippen LogP contribution in [0.15, 0.2) is 11.5 Å². The van der Waals surface area contributed by atoms with Crippen LogP contribution in [0.5, 0.6) is 0 Å². The molecule has 0 aliphatic carbocycles. The average Bonchev–Trinajstić information content (AvgIpc) is 2.03. The molecule has 1 heterocycles. The molecule has 2 nitrogen and oxygen atoms in total. The summed E-state index contributed by atoms with van der Waals surface area (Å²) in [4.78, 5) is 0. The Kier molecular flexibility index (Phi) is 2.12. The van der Waals surface area contributed by atoms with E-state index in [-0.39, 0.29) is 5.41 Å². The average molecular weight is 155 g/mol. The van der Waals surface area contributed by atoms with Crippen molar-refractivity contribution >= 4 is 0 Å². The minimum absolute atomic E-state index is 0.249. The zero-order chi connectivity index (χ0) is 8.48. The molecule has 0 aromatic carbocycles. The monoisotopic (exact) mass is 155 g/mol. The minimum atomic E-state index is 0.249. The molecule has 11 heavy (non-hydrogen) atoms. The summed E-state index contributed by atoms with van der Waals surface area (Å²) < 4.78 is 5.55. The van der Waals surface area contributed by atoms with Gasteiger partial charge in [0.05, 0.1) is 6.61 Å². The van der Waals surface area contributed by atoms with Gasteiger partial charge in [-0.15, -0.1) is 0 Å². The molecule has 0 fully saturated rings. The highest BCUT2D eigenvalue weighted by atomic mass is 16.5. The number of ether oxygens (including phenoxy) is 1. The summed E-state index contributed by atoms with van der Waals surface area (Å²) in [6.07, 6.45) is 0. The van der Waals surface area contributed by atoms with Crippen molar-refractivity contribution in [3.8, 4) is 0 Å². The van der Waals surface area contributed by atoms with E-state index in [1.807, 2.05) is 6.92 Å². The van der Waals surface area contributed by atoms with Gasteiger partial charge >= 0.3 is 0 Å². The van der Waals surface area contributed by atoms with E-state index in [1.165, 1.54) is 0 Å². The van der Waals surface area contributed by atoms with E-state index in [2.05, 4.69) is 26.1 Å². The summed E-state index contributed by atoms with van der Waals surface area (Å²) in [5, 5.41) is 3.34. The van der Waals surface area contributed by atoms with Gasteiger partial charge in [0, 0.05) is 17.7 Å².